The molecule has 0 spiro atoms. The van der Waals surface area contributed by atoms with Crippen LogP contribution in [0.25, 0.3) is 0 Å². The maximum Gasteiger partial charge on any atom is 0.306 e. The van der Waals surface area contributed by atoms with E-state index in [9.17, 15) is 14.4 Å². The number of hydrogen-bond acceptors (Lipinski definition) is 6. The average Bonchev–Trinajstić information content (AvgIpc) is 3.24. The van der Waals surface area contributed by atoms with Crippen LogP contribution < -0.4 is 0 Å². The van der Waals surface area contributed by atoms with Gasteiger partial charge in [0.05, 0.1) is 0 Å². The van der Waals surface area contributed by atoms with Crippen molar-refractivity contribution in [3.8, 4) is 0 Å². The Morgan fingerprint density at radius 3 is 1.07 bits per heavy atom. The summed E-state index contributed by atoms with van der Waals surface area (Å²) >= 11 is 0. The summed E-state index contributed by atoms with van der Waals surface area (Å²) in [5, 5.41) is 0. The Bertz CT molecular complexity index is 1280. The largest absolute Gasteiger partial charge is 0.462 e. The van der Waals surface area contributed by atoms with Crippen molar-refractivity contribution in [3.63, 3.8) is 0 Å². The van der Waals surface area contributed by atoms with Crippen molar-refractivity contribution < 1.29 is 28.6 Å². The molecule has 0 heterocycles. The number of esters is 3. The fraction of sp³-hybridized carbons (Fsp3) is 0.611. The highest BCUT2D eigenvalue weighted by Crippen LogP contribution is 2.11. The number of hydrogen-bond donors (Lipinski definition) is 0. The first kappa shape index (κ1) is 56.1. The molecule has 0 N–H and O–H groups in total. The summed E-state index contributed by atoms with van der Waals surface area (Å²) in [4.78, 5) is 37.8. The fourth-order valence-corrected chi connectivity index (χ4v) is 5.96. The molecule has 338 valence electrons. The zero-order valence-corrected chi connectivity index (χ0v) is 38.4. The van der Waals surface area contributed by atoms with Crippen LogP contribution in [0.3, 0.4) is 0 Å². The zero-order chi connectivity index (χ0) is 43.7. The van der Waals surface area contributed by atoms with Gasteiger partial charge >= 0.3 is 17.9 Å². The van der Waals surface area contributed by atoms with Gasteiger partial charge in [0.1, 0.15) is 13.2 Å². The van der Waals surface area contributed by atoms with Crippen molar-refractivity contribution in [2.24, 2.45) is 0 Å². The maximum atomic E-state index is 12.7. The minimum Gasteiger partial charge on any atom is -0.462 e. The van der Waals surface area contributed by atoms with Gasteiger partial charge in [0.2, 0.25) is 0 Å². The minimum absolute atomic E-state index is 0.132. The molecule has 0 saturated carbocycles. The first-order chi connectivity index (χ1) is 29.5. The van der Waals surface area contributed by atoms with E-state index in [0.717, 1.165) is 96.3 Å². The summed E-state index contributed by atoms with van der Waals surface area (Å²) in [6.45, 7) is 6.26. The molecule has 0 bridgehead atoms. The van der Waals surface area contributed by atoms with Crippen LogP contribution in [0.4, 0.5) is 0 Å². The summed E-state index contributed by atoms with van der Waals surface area (Å²) in [5.41, 5.74) is 0. The molecule has 1 unspecified atom stereocenters. The van der Waals surface area contributed by atoms with E-state index in [1.165, 1.54) is 44.9 Å². The van der Waals surface area contributed by atoms with Crippen molar-refractivity contribution >= 4 is 17.9 Å². The van der Waals surface area contributed by atoms with E-state index < -0.39 is 6.10 Å². The minimum atomic E-state index is -0.830. The molecular formula is C54H86O6. The molecule has 0 aromatic rings. The summed E-state index contributed by atoms with van der Waals surface area (Å²) in [6.07, 6.45) is 63.8. The third-order valence-corrected chi connectivity index (χ3v) is 9.49. The maximum absolute atomic E-state index is 12.7. The smallest absolute Gasteiger partial charge is 0.306 e. The average molecular weight is 831 g/mol. The van der Waals surface area contributed by atoms with Gasteiger partial charge in [-0.25, -0.2) is 0 Å². The molecule has 0 radical (unpaired) electrons. The summed E-state index contributed by atoms with van der Waals surface area (Å²) in [5.74, 6) is -1.07. The highest BCUT2D eigenvalue weighted by atomic mass is 16.6. The Hall–Kier alpha value is -3.93. The summed E-state index contributed by atoms with van der Waals surface area (Å²) in [7, 11) is 0. The molecule has 0 aromatic heterocycles. The number of allylic oxidation sites excluding steroid dienone is 18. The predicted molar refractivity (Wildman–Crippen MR) is 256 cm³/mol. The van der Waals surface area contributed by atoms with E-state index in [1.54, 1.807) is 0 Å². The number of carbonyl (C=O) groups excluding carboxylic acids is 3. The zero-order valence-electron chi connectivity index (χ0n) is 38.4. The van der Waals surface area contributed by atoms with Crippen LogP contribution in [0.1, 0.15) is 194 Å². The SMILES string of the molecule is CC/C=C\C/C=C\C/C=C\CCCCCCC(=O)OC(COC(=O)CCC/C=C\C/C=C\C/C=C\CC)COC(=O)CCC/C=C\C/C=C\C/C=C\CCCCCCCC. The van der Waals surface area contributed by atoms with Gasteiger partial charge in [-0.1, -0.05) is 175 Å². The van der Waals surface area contributed by atoms with Crippen molar-refractivity contribution in [3.05, 3.63) is 109 Å². The molecule has 0 saturated heterocycles. The number of unbranched alkanes of at least 4 members (excludes halogenated alkanes) is 12. The lowest BCUT2D eigenvalue weighted by molar-refractivity contribution is -0.167. The van der Waals surface area contributed by atoms with Crippen molar-refractivity contribution in [1.29, 1.82) is 0 Å². The lowest BCUT2D eigenvalue weighted by Gasteiger charge is -2.18. The standard InChI is InChI=1S/C54H86O6/c1-4-7-10-13-16-19-22-24-26-27-28-30-32-35-38-41-44-47-53(56)59-50-51(49-58-52(55)46-43-40-37-34-31-21-18-15-12-9-6-3)60-54(57)48-45-42-39-36-33-29-25-23-20-17-14-11-8-5-2/h8-9,11-12,17-18,20-21,24-26,28-30,34-35,37-38,51H,4-7,10,13-16,19,22-23,27,31-33,36,39-50H2,1-3H3/b11-8-,12-9-,20-17-,21-18-,26-24-,29-25-,30-28-,37-34-,38-35-. The highest BCUT2D eigenvalue weighted by Gasteiger charge is 2.19. The molecule has 6 heteroatoms. The monoisotopic (exact) mass is 831 g/mol. The lowest BCUT2D eigenvalue weighted by atomic mass is 10.1. The number of rotatable bonds is 41. The third-order valence-electron chi connectivity index (χ3n) is 9.49. The van der Waals surface area contributed by atoms with Crippen LogP contribution in [0, 0.1) is 0 Å². The van der Waals surface area contributed by atoms with Crippen molar-refractivity contribution in [2.45, 2.75) is 200 Å². The van der Waals surface area contributed by atoms with Crippen LogP contribution in [0.15, 0.2) is 109 Å². The van der Waals surface area contributed by atoms with Crippen LogP contribution in [-0.4, -0.2) is 37.2 Å². The molecule has 0 fully saturated rings. The Kier molecular flexibility index (Phi) is 44.6. The number of ether oxygens (including phenoxy) is 3. The topological polar surface area (TPSA) is 78.9 Å². The van der Waals surface area contributed by atoms with E-state index in [2.05, 4.69) is 130 Å². The first-order valence-electron chi connectivity index (χ1n) is 23.9. The lowest BCUT2D eigenvalue weighted by Crippen LogP contribution is -2.30. The van der Waals surface area contributed by atoms with Crippen LogP contribution in [0.5, 0.6) is 0 Å². The fourth-order valence-electron chi connectivity index (χ4n) is 5.96. The van der Waals surface area contributed by atoms with Crippen molar-refractivity contribution in [1.82, 2.24) is 0 Å². The molecule has 60 heavy (non-hydrogen) atoms. The summed E-state index contributed by atoms with van der Waals surface area (Å²) in [6, 6.07) is 0. The van der Waals surface area contributed by atoms with Crippen LogP contribution in [0.2, 0.25) is 0 Å². The Morgan fingerprint density at radius 2 is 0.667 bits per heavy atom. The van der Waals surface area contributed by atoms with E-state index >= 15 is 0 Å². The van der Waals surface area contributed by atoms with Gasteiger partial charge < -0.3 is 14.2 Å². The van der Waals surface area contributed by atoms with E-state index in [4.69, 9.17) is 14.2 Å². The Morgan fingerprint density at radius 1 is 0.350 bits per heavy atom. The first-order valence-corrected chi connectivity index (χ1v) is 23.9. The van der Waals surface area contributed by atoms with E-state index in [0.29, 0.717) is 12.8 Å². The van der Waals surface area contributed by atoms with Crippen LogP contribution >= 0.6 is 0 Å². The highest BCUT2D eigenvalue weighted by molar-refractivity contribution is 5.71. The van der Waals surface area contributed by atoms with Crippen molar-refractivity contribution in [2.75, 3.05) is 13.2 Å². The second kappa shape index (κ2) is 47.7. The molecule has 0 aliphatic carbocycles. The summed E-state index contributed by atoms with van der Waals surface area (Å²) < 4.78 is 16.6. The van der Waals surface area contributed by atoms with Crippen LogP contribution in [-0.2, 0) is 28.6 Å². The molecule has 0 amide bonds. The molecule has 0 rings (SSSR count). The third kappa shape index (κ3) is 45.2. The molecular weight excluding hydrogens is 745 g/mol. The van der Waals surface area contributed by atoms with Gasteiger partial charge in [-0.3, -0.25) is 14.4 Å². The van der Waals surface area contributed by atoms with E-state index in [-0.39, 0.29) is 50.4 Å². The van der Waals surface area contributed by atoms with Gasteiger partial charge in [-0.05, 0) is 109 Å². The normalized spacial score (nSPS) is 13.1. The predicted octanol–water partition coefficient (Wildman–Crippen LogP) is 15.6. The van der Waals surface area contributed by atoms with Gasteiger partial charge in [0, 0.05) is 19.3 Å². The van der Waals surface area contributed by atoms with Gasteiger partial charge in [-0.2, -0.15) is 0 Å². The van der Waals surface area contributed by atoms with Gasteiger partial charge in [0.25, 0.3) is 0 Å². The second-order valence-electron chi connectivity index (χ2n) is 15.2. The Balaban J connectivity index is 4.56. The molecule has 1 atom stereocenters. The molecule has 6 nitrogen and oxygen atoms in total. The van der Waals surface area contributed by atoms with Gasteiger partial charge in [0.15, 0.2) is 6.10 Å². The quantitative estimate of drug-likeness (QED) is 0.0264. The molecule has 0 aromatic carbocycles. The second-order valence-corrected chi connectivity index (χ2v) is 15.2. The Labute approximate surface area is 368 Å². The molecule has 0 aliphatic heterocycles. The van der Waals surface area contributed by atoms with Gasteiger partial charge in [-0.15, -0.1) is 0 Å². The van der Waals surface area contributed by atoms with E-state index in [1.807, 2.05) is 0 Å². The number of carbonyl (C=O) groups is 3. The molecule has 0 aliphatic rings.